The molecule has 4 heteroatoms. The van der Waals surface area contributed by atoms with Crippen LogP contribution in [0.2, 0.25) is 0 Å². The van der Waals surface area contributed by atoms with E-state index in [9.17, 15) is 0 Å². The molecule has 0 N–H and O–H groups in total. The van der Waals surface area contributed by atoms with Gasteiger partial charge in [-0.15, -0.1) is 0 Å². The van der Waals surface area contributed by atoms with Gasteiger partial charge in [-0.05, 0) is 136 Å². The fourth-order valence-electron chi connectivity index (χ4n) is 14.8. The standard InChI is InChI=1S/C73H59BN2O/c1-70(2,3)43-38-44(71(4,5)6)40-45(39-43)75-60-32-20-14-26-50(60)53-41-59-68-64(67(53)75)52-27-15-21-33-61(52)76(68)62-36-42(46-22-10-16-28-54(46)72(7,8)9)37-63-66(62)74(59)58-35-34-51-49-25-13-19-31-57(49)73(65(51)69(58)77-63)55-29-17-11-23-47(55)48-24-12-18-30-56(48)73/h10-41H,1-9H3. The molecule has 10 aromatic carbocycles. The second-order valence-corrected chi connectivity index (χ2v) is 25.6. The van der Waals surface area contributed by atoms with E-state index in [1.807, 2.05) is 0 Å². The number of hydrogen-bond donors (Lipinski definition) is 0. The van der Waals surface area contributed by atoms with Gasteiger partial charge in [0, 0.05) is 38.5 Å². The maximum absolute atomic E-state index is 7.98. The molecular weight excluding hydrogens is 932 g/mol. The summed E-state index contributed by atoms with van der Waals surface area (Å²) in [6.07, 6.45) is 0. The molecule has 12 aromatic rings. The lowest BCUT2D eigenvalue weighted by Gasteiger charge is -2.38. The molecule has 0 amide bonds. The molecule has 77 heavy (non-hydrogen) atoms. The third-order valence-corrected chi connectivity index (χ3v) is 18.2. The van der Waals surface area contributed by atoms with Gasteiger partial charge in [0.15, 0.2) is 0 Å². The van der Waals surface area contributed by atoms with Gasteiger partial charge in [-0.2, -0.15) is 0 Å². The molecule has 4 heterocycles. The van der Waals surface area contributed by atoms with Gasteiger partial charge in [-0.1, -0.05) is 220 Å². The van der Waals surface area contributed by atoms with E-state index in [-0.39, 0.29) is 23.0 Å². The first-order chi connectivity index (χ1) is 37.1. The maximum atomic E-state index is 7.98. The Morgan fingerprint density at radius 2 is 0.974 bits per heavy atom. The predicted octanol–water partition coefficient (Wildman–Crippen LogP) is 16.7. The zero-order valence-corrected chi connectivity index (χ0v) is 45.4. The molecule has 2 aromatic heterocycles. The zero-order valence-electron chi connectivity index (χ0n) is 45.4. The third kappa shape index (κ3) is 5.78. The van der Waals surface area contributed by atoms with Crippen molar-refractivity contribution < 1.29 is 4.74 Å². The number of fused-ring (bicyclic) bond motifs is 22. The number of para-hydroxylation sites is 2. The Bertz CT molecular complexity index is 4520. The number of benzene rings is 10. The smallest absolute Gasteiger partial charge is 0.256 e. The average Bonchev–Trinajstić information content (AvgIpc) is 4.35. The minimum absolute atomic E-state index is 0.0575. The second kappa shape index (κ2) is 15.0. The predicted molar refractivity (Wildman–Crippen MR) is 324 cm³/mol. The number of rotatable bonds is 2. The van der Waals surface area contributed by atoms with Crippen molar-refractivity contribution in [2.45, 2.75) is 84.0 Å². The Balaban J connectivity index is 1.09. The first-order valence-corrected chi connectivity index (χ1v) is 27.7. The van der Waals surface area contributed by atoms with E-state index in [1.165, 1.54) is 138 Å². The Morgan fingerprint density at radius 1 is 0.429 bits per heavy atom. The van der Waals surface area contributed by atoms with Crippen molar-refractivity contribution in [2.75, 3.05) is 0 Å². The Hall–Kier alpha value is -8.34. The number of aromatic nitrogens is 2. The summed E-state index contributed by atoms with van der Waals surface area (Å²) < 4.78 is 13.2. The first kappa shape index (κ1) is 44.9. The van der Waals surface area contributed by atoms with Crippen LogP contribution in [0.5, 0.6) is 11.5 Å². The summed E-state index contributed by atoms with van der Waals surface area (Å²) in [6.45, 7) is 20.9. The molecule has 0 saturated carbocycles. The normalized spacial score (nSPS) is 14.5. The van der Waals surface area contributed by atoms with Crippen molar-refractivity contribution in [1.82, 2.24) is 9.13 Å². The second-order valence-electron chi connectivity index (χ2n) is 25.6. The largest absolute Gasteiger partial charge is 0.458 e. The van der Waals surface area contributed by atoms with Crippen molar-refractivity contribution in [1.29, 1.82) is 0 Å². The highest BCUT2D eigenvalue weighted by atomic mass is 16.5. The molecule has 1 spiro atoms. The van der Waals surface area contributed by atoms with Crippen LogP contribution < -0.4 is 21.1 Å². The van der Waals surface area contributed by atoms with Gasteiger partial charge < -0.3 is 13.9 Å². The van der Waals surface area contributed by atoms with Gasteiger partial charge in [0.25, 0.3) is 6.71 Å². The number of ether oxygens (including phenoxy) is 1. The van der Waals surface area contributed by atoms with Crippen LogP contribution >= 0.6 is 0 Å². The van der Waals surface area contributed by atoms with Crippen molar-refractivity contribution >= 4 is 66.7 Å². The molecular formula is C73H59BN2O. The lowest BCUT2D eigenvalue weighted by molar-refractivity contribution is 0.476. The highest BCUT2D eigenvalue weighted by Gasteiger charge is 2.55. The van der Waals surface area contributed by atoms with Gasteiger partial charge in [0.05, 0.1) is 27.5 Å². The monoisotopic (exact) mass is 990 g/mol. The molecule has 0 bridgehead atoms. The summed E-state index contributed by atoms with van der Waals surface area (Å²) in [4.78, 5) is 0. The van der Waals surface area contributed by atoms with Gasteiger partial charge in [-0.3, -0.25) is 0 Å². The summed E-state index contributed by atoms with van der Waals surface area (Å²) in [7, 11) is 0. The highest BCUT2D eigenvalue weighted by molar-refractivity contribution is 6.99. The van der Waals surface area contributed by atoms with Gasteiger partial charge in [0.1, 0.15) is 11.5 Å². The lowest BCUT2D eigenvalue weighted by Crippen LogP contribution is -2.58. The Morgan fingerprint density at radius 3 is 1.60 bits per heavy atom. The number of hydrogen-bond acceptors (Lipinski definition) is 1. The summed E-state index contributed by atoms with van der Waals surface area (Å²) in [6, 6.07) is 74.5. The molecule has 0 saturated heterocycles. The van der Waals surface area contributed by atoms with Crippen LogP contribution in [0.15, 0.2) is 194 Å². The Kier molecular flexibility index (Phi) is 8.74. The summed E-state index contributed by atoms with van der Waals surface area (Å²) in [5.41, 5.74) is 26.9. The first-order valence-electron chi connectivity index (χ1n) is 27.7. The van der Waals surface area contributed by atoms with E-state index in [1.54, 1.807) is 0 Å². The van der Waals surface area contributed by atoms with Crippen LogP contribution in [0.3, 0.4) is 0 Å². The zero-order chi connectivity index (χ0) is 52.2. The summed E-state index contributed by atoms with van der Waals surface area (Å²) >= 11 is 0. The van der Waals surface area contributed by atoms with Crippen molar-refractivity contribution in [3.05, 3.63) is 233 Å². The van der Waals surface area contributed by atoms with Gasteiger partial charge >= 0.3 is 0 Å². The summed E-state index contributed by atoms with van der Waals surface area (Å²) in [5, 5.41) is 5.05. The molecule has 16 rings (SSSR count). The number of nitrogens with zero attached hydrogens (tertiary/aromatic N) is 2. The fourth-order valence-corrected chi connectivity index (χ4v) is 14.8. The van der Waals surface area contributed by atoms with Crippen LogP contribution in [-0.2, 0) is 21.7 Å². The van der Waals surface area contributed by atoms with E-state index in [0.717, 1.165) is 17.1 Å². The quantitative estimate of drug-likeness (QED) is 0.158. The van der Waals surface area contributed by atoms with Crippen molar-refractivity contribution in [2.24, 2.45) is 0 Å². The molecule has 0 radical (unpaired) electrons. The summed E-state index contributed by atoms with van der Waals surface area (Å²) in [5.74, 6) is 1.90. The molecule has 0 fully saturated rings. The average molecular weight is 991 g/mol. The van der Waals surface area contributed by atoms with E-state index in [2.05, 4.69) is 266 Å². The topological polar surface area (TPSA) is 19.1 Å². The SMILES string of the molecule is CC(C)(C)c1cc(-n2c3ccccc3c3cc4c5c(c6ccccc6n5-c5cc(-c6ccccc6C(C)(C)C)cc6c5B4c4ccc5c(c4O6)C4(c6ccccc6-c6ccccc64)c4ccccc4-5)c32)cc(C(C)(C)C)c1. The molecule has 2 aliphatic heterocycles. The van der Waals surface area contributed by atoms with Gasteiger partial charge in [0.2, 0.25) is 0 Å². The molecule has 0 unspecified atom stereocenters. The molecule has 2 aliphatic carbocycles. The van der Waals surface area contributed by atoms with E-state index in [4.69, 9.17) is 4.74 Å². The molecule has 3 nitrogen and oxygen atoms in total. The van der Waals surface area contributed by atoms with Crippen LogP contribution in [0.4, 0.5) is 0 Å². The van der Waals surface area contributed by atoms with Crippen LogP contribution in [0, 0.1) is 0 Å². The maximum Gasteiger partial charge on any atom is 0.256 e. The van der Waals surface area contributed by atoms with E-state index < -0.39 is 5.41 Å². The van der Waals surface area contributed by atoms with E-state index in [0.29, 0.717) is 0 Å². The van der Waals surface area contributed by atoms with Crippen molar-refractivity contribution in [3.8, 4) is 56.3 Å². The molecule has 4 aliphatic rings. The lowest BCUT2D eigenvalue weighted by atomic mass is 9.34. The molecule has 370 valence electrons. The third-order valence-electron chi connectivity index (χ3n) is 18.2. The van der Waals surface area contributed by atoms with Crippen LogP contribution in [-0.4, -0.2) is 15.8 Å². The minimum atomic E-state index is -0.592. The highest BCUT2D eigenvalue weighted by Crippen LogP contribution is 2.65. The van der Waals surface area contributed by atoms with Crippen LogP contribution in [0.1, 0.15) is 101 Å². The minimum Gasteiger partial charge on any atom is -0.458 e. The van der Waals surface area contributed by atoms with Crippen molar-refractivity contribution in [3.63, 3.8) is 0 Å². The fraction of sp³-hybridized carbons (Fsp3) is 0.178. The molecule has 0 atom stereocenters. The van der Waals surface area contributed by atoms with Gasteiger partial charge in [-0.25, -0.2) is 0 Å². The van der Waals surface area contributed by atoms with Crippen LogP contribution in [0.25, 0.3) is 88.4 Å². The Labute approximate surface area is 451 Å². The van der Waals surface area contributed by atoms with E-state index >= 15 is 0 Å².